The molecule has 0 aliphatic heterocycles. The van der Waals surface area contributed by atoms with Crippen molar-refractivity contribution < 1.29 is 4.79 Å². The molecular weight excluding hydrogens is 286 g/mol. The van der Waals surface area contributed by atoms with Gasteiger partial charge in [-0.1, -0.05) is 18.7 Å². The highest BCUT2D eigenvalue weighted by atomic mass is 32.2. The van der Waals surface area contributed by atoms with E-state index >= 15 is 0 Å². The van der Waals surface area contributed by atoms with Gasteiger partial charge in [-0.15, -0.1) is 5.10 Å². The smallest absolute Gasteiger partial charge is 0.230 e. The Labute approximate surface area is 128 Å². The SMILES string of the molecule is CCc1nc(SCC(=O)NC(C)Cc2ccncc2)n[nH]1. The molecule has 0 bridgehead atoms. The minimum absolute atomic E-state index is 0.00981. The summed E-state index contributed by atoms with van der Waals surface area (Å²) >= 11 is 1.34. The van der Waals surface area contributed by atoms with E-state index < -0.39 is 0 Å². The van der Waals surface area contributed by atoms with Crippen molar-refractivity contribution >= 4 is 17.7 Å². The predicted octanol–water partition coefficient (Wildman–Crippen LogP) is 1.60. The number of H-pyrrole nitrogens is 1. The monoisotopic (exact) mass is 305 g/mol. The molecule has 1 atom stereocenters. The van der Waals surface area contributed by atoms with Gasteiger partial charge in [0.05, 0.1) is 5.75 Å². The molecule has 1 unspecified atom stereocenters. The Morgan fingerprint density at radius 1 is 1.43 bits per heavy atom. The zero-order valence-electron chi connectivity index (χ0n) is 12.2. The number of nitrogens with zero attached hydrogens (tertiary/aromatic N) is 3. The van der Waals surface area contributed by atoms with Crippen LogP contribution in [0.1, 0.15) is 25.2 Å². The molecule has 21 heavy (non-hydrogen) atoms. The summed E-state index contributed by atoms with van der Waals surface area (Å²) in [6, 6.07) is 3.99. The second kappa shape index (κ2) is 7.78. The summed E-state index contributed by atoms with van der Waals surface area (Å²) in [6.07, 6.45) is 5.12. The van der Waals surface area contributed by atoms with E-state index in [0.717, 1.165) is 24.2 Å². The Kier molecular flexibility index (Phi) is 5.74. The second-order valence-electron chi connectivity index (χ2n) is 4.74. The molecule has 0 spiro atoms. The maximum Gasteiger partial charge on any atom is 0.230 e. The highest BCUT2D eigenvalue weighted by molar-refractivity contribution is 7.99. The molecule has 2 heterocycles. The van der Waals surface area contributed by atoms with Crippen LogP contribution in [0.5, 0.6) is 0 Å². The van der Waals surface area contributed by atoms with Gasteiger partial charge in [0.1, 0.15) is 5.82 Å². The summed E-state index contributed by atoms with van der Waals surface area (Å²) in [5.74, 6) is 1.15. The zero-order chi connectivity index (χ0) is 15.1. The van der Waals surface area contributed by atoms with E-state index in [4.69, 9.17) is 0 Å². The van der Waals surface area contributed by atoms with Crippen LogP contribution < -0.4 is 5.32 Å². The number of rotatable bonds is 7. The summed E-state index contributed by atoms with van der Waals surface area (Å²) in [5, 5.41) is 10.5. The third-order valence-corrected chi connectivity index (χ3v) is 3.72. The summed E-state index contributed by atoms with van der Waals surface area (Å²) in [5.41, 5.74) is 1.16. The maximum absolute atomic E-state index is 11.9. The molecule has 0 fully saturated rings. The first kappa shape index (κ1) is 15.5. The van der Waals surface area contributed by atoms with Crippen LogP contribution in [0, 0.1) is 0 Å². The third kappa shape index (κ3) is 5.18. The van der Waals surface area contributed by atoms with Crippen molar-refractivity contribution in [3.05, 3.63) is 35.9 Å². The normalized spacial score (nSPS) is 12.1. The van der Waals surface area contributed by atoms with Crippen molar-refractivity contribution in [3.8, 4) is 0 Å². The standard InChI is InChI=1S/C14H19N5OS/c1-3-12-17-14(19-18-12)21-9-13(20)16-10(2)8-11-4-6-15-7-5-11/h4-7,10H,3,8-9H2,1-2H3,(H,16,20)(H,17,18,19). The lowest BCUT2D eigenvalue weighted by molar-refractivity contribution is -0.119. The molecule has 112 valence electrons. The fraction of sp³-hybridized carbons (Fsp3) is 0.429. The number of aromatic nitrogens is 4. The number of aromatic amines is 1. The number of pyridine rings is 1. The van der Waals surface area contributed by atoms with Gasteiger partial charge < -0.3 is 5.32 Å². The number of carbonyl (C=O) groups excluding carboxylic acids is 1. The Bertz CT molecular complexity index is 572. The van der Waals surface area contributed by atoms with Crippen molar-refractivity contribution in [2.45, 2.75) is 37.9 Å². The minimum Gasteiger partial charge on any atom is -0.353 e. The summed E-state index contributed by atoms with van der Waals surface area (Å²) < 4.78 is 0. The molecular formula is C14H19N5OS. The average molecular weight is 305 g/mol. The lowest BCUT2D eigenvalue weighted by Crippen LogP contribution is -2.35. The number of hydrogen-bond donors (Lipinski definition) is 2. The number of nitrogens with one attached hydrogen (secondary N) is 2. The van der Waals surface area contributed by atoms with Crippen LogP contribution in [0.4, 0.5) is 0 Å². The van der Waals surface area contributed by atoms with Crippen LogP contribution in [0.15, 0.2) is 29.7 Å². The highest BCUT2D eigenvalue weighted by Gasteiger charge is 2.10. The van der Waals surface area contributed by atoms with Crippen molar-refractivity contribution in [1.29, 1.82) is 0 Å². The maximum atomic E-state index is 11.9. The number of carbonyl (C=O) groups is 1. The van der Waals surface area contributed by atoms with Gasteiger partial charge in [-0.05, 0) is 31.0 Å². The first-order valence-electron chi connectivity index (χ1n) is 6.89. The van der Waals surface area contributed by atoms with E-state index in [-0.39, 0.29) is 11.9 Å². The molecule has 0 saturated heterocycles. The molecule has 1 amide bonds. The topological polar surface area (TPSA) is 83.6 Å². The number of aryl methyl sites for hydroxylation is 1. The zero-order valence-corrected chi connectivity index (χ0v) is 13.0. The van der Waals surface area contributed by atoms with Gasteiger partial charge in [0.2, 0.25) is 11.1 Å². The van der Waals surface area contributed by atoms with Crippen molar-refractivity contribution in [1.82, 2.24) is 25.5 Å². The molecule has 6 nitrogen and oxygen atoms in total. The van der Waals surface area contributed by atoms with Gasteiger partial charge in [0.25, 0.3) is 0 Å². The van der Waals surface area contributed by atoms with E-state index in [9.17, 15) is 4.79 Å². The van der Waals surface area contributed by atoms with Crippen LogP contribution in [0.2, 0.25) is 0 Å². The predicted molar refractivity (Wildman–Crippen MR) is 82.0 cm³/mol. The van der Waals surface area contributed by atoms with E-state index in [0.29, 0.717) is 10.9 Å². The van der Waals surface area contributed by atoms with E-state index in [1.807, 2.05) is 26.0 Å². The molecule has 0 aliphatic carbocycles. The van der Waals surface area contributed by atoms with Gasteiger partial charge in [0.15, 0.2) is 0 Å². The summed E-state index contributed by atoms with van der Waals surface area (Å²) in [7, 11) is 0. The quantitative estimate of drug-likeness (QED) is 0.759. The largest absolute Gasteiger partial charge is 0.353 e. The molecule has 2 N–H and O–H groups in total. The van der Waals surface area contributed by atoms with Crippen molar-refractivity contribution in [3.63, 3.8) is 0 Å². The van der Waals surface area contributed by atoms with Crippen molar-refractivity contribution in [2.24, 2.45) is 0 Å². The fourth-order valence-corrected chi connectivity index (χ4v) is 2.50. The molecule has 0 aliphatic rings. The number of hydrogen-bond acceptors (Lipinski definition) is 5. The van der Waals surface area contributed by atoms with Crippen LogP contribution in [0.3, 0.4) is 0 Å². The molecule has 2 aromatic heterocycles. The Balaban J connectivity index is 1.73. The van der Waals surface area contributed by atoms with Gasteiger partial charge in [-0.2, -0.15) is 0 Å². The third-order valence-electron chi connectivity index (χ3n) is 2.88. The Morgan fingerprint density at radius 3 is 2.86 bits per heavy atom. The van der Waals surface area contributed by atoms with Crippen LogP contribution >= 0.6 is 11.8 Å². The summed E-state index contributed by atoms with van der Waals surface area (Å²) in [6.45, 7) is 3.99. The average Bonchev–Trinajstić information content (AvgIpc) is 2.94. The number of amides is 1. The lowest BCUT2D eigenvalue weighted by atomic mass is 10.1. The molecule has 2 aromatic rings. The molecule has 7 heteroatoms. The lowest BCUT2D eigenvalue weighted by Gasteiger charge is -2.13. The van der Waals surface area contributed by atoms with Crippen LogP contribution in [-0.4, -0.2) is 37.9 Å². The molecule has 0 saturated carbocycles. The minimum atomic E-state index is -0.00981. The van der Waals surface area contributed by atoms with E-state index in [1.54, 1.807) is 12.4 Å². The number of thioether (sulfide) groups is 1. The van der Waals surface area contributed by atoms with Crippen LogP contribution in [-0.2, 0) is 17.6 Å². The van der Waals surface area contributed by atoms with E-state index in [1.165, 1.54) is 11.8 Å². The van der Waals surface area contributed by atoms with E-state index in [2.05, 4.69) is 25.5 Å². The molecule has 0 aromatic carbocycles. The van der Waals surface area contributed by atoms with Gasteiger partial charge in [-0.3, -0.25) is 14.9 Å². The van der Waals surface area contributed by atoms with Crippen molar-refractivity contribution in [2.75, 3.05) is 5.75 Å². The van der Waals surface area contributed by atoms with Gasteiger partial charge in [0, 0.05) is 24.9 Å². The first-order valence-corrected chi connectivity index (χ1v) is 7.88. The molecule has 0 radical (unpaired) electrons. The Hall–Kier alpha value is -1.89. The van der Waals surface area contributed by atoms with Gasteiger partial charge in [-0.25, -0.2) is 4.98 Å². The fourth-order valence-electron chi connectivity index (χ4n) is 1.87. The van der Waals surface area contributed by atoms with Gasteiger partial charge >= 0.3 is 0 Å². The Morgan fingerprint density at radius 2 is 2.19 bits per heavy atom. The summed E-state index contributed by atoms with van der Waals surface area (Å²) in [4.78, 5) is 20.1. The molecule has 2 rings (SSSR count). The van der Waals surface area contributed by atoms with Crippen LogP contribution in [0.25, 0.3) is 0 Å². The highest BCUT2D eigenvalue weighted by Crippen LogP contribution is 2.12. The first-order chi connectivity index (χ1) is 10.2. The second-order valence-corrected chi connectivity index (χ2v) is 5.68.